The molecule has 0 unspecified atom stereocenters. The molecule has 0 bridgehead atoms. The number of anilines is 1. The molecule has 0 saturated heterocycles. The summed E-state index contributed by atoms with van der Waals surface area (Å²) in [6, 6.07) is 15.8. The first kappa shape index (κ1) is 17.6. The van der Waals surface area contributed by atoms with E-state index in [-0.39, 0.29) is 23.5 Å². The summed E-state index contributed by atoms with van der Waals surface area (Å²) in [5.41, 5.74) is 1.19. The van der Waals surface area contributed by atoms with Crippen LogP contribution in [0.1, 0.15) is 47.4 Å². The topological polar surface area (TPSA) is 54.5 Å². The van der Waals surface area contributed by atoms with Gasteiger partial charge in [-0.25, -0.2) is 0 Å². The van der Waals surface area contributed by atoms with E-state index in [2.05, 4.69) is 0 Å². The highest BCUT2D eigenvalue weighted by Gasteiger charge is 2.24. The van der Waals surface area contributed by atoms with Gasteiger partial charge in [-0.1, -0.05) is 43.3 Å². The third-order valence-electron chi connectivity index (χ3n) is 3.76. The number of carbonyl (C=O) groups excluding carboxylic acids is 3. The molecular formula is C20H21NO3. The van der Waals surface area contributed by atoms with Crippen LogP contribution in [0, 0.1) is 0 Å². The van der Waals surface area contributed by atoms with Crippen LogP contribution in [0.15, 0.2) is 54.6 Å². The Kier molecular flexibility index (Phi) is 6.01. The van der Waals surface area contributed by atoms with E-state index < -0.39 is 11.6 Å². The van der Waals surface area contributed by atoms with Crippen LogP contribution in [0.3, 0.4) is 0 Å². The first-order valence-corrected chi connectivity index (χ1v) is 8.13. The van der Waals surface area contributed by atoms with Gasteiger partial charge in [0, 0.05) is 24.2 Å². The van der Waals surface area contributed by atoms with Gasteiger partial charge in [0.1, 0.15) is 0 Å². The first-order chi connectivity index (χ1) is 11.6. The number of Topliss-reactive ketones (excluding diaryl/α,β-unsaturated/α-hetero) is 2. The van der Waals surface area contributed by atoms with E-state index in [1.165, 1.54) is 0 Å². The van der Waals surface area contributed by atoms with Crippen molar-refractivity contribution in [2.24, 2.45) is 0 Å². The summed E-state index contributed by atoms with van der Waals surface area (Å²) in [5.74, 6) is -1.33. The molecule has 0 radical (unpaired) electrons. The number of hydrogen-bond acceptors (Lipinski definition) is 3. The molecule has 0 aliphatic rings. The van der Waals surface area contributed by atoms with Crippen molar-refractivity contribution >= 4 is 23.2 Å². The zero-order valence-electron chi connectivity index (χ0n) is 14.0. The maximum atomic E-state index is 12.9. The summed E-state index contributed by atoms with van der Waals surface area (Å²) in [5, 5.41) is 0. The van der Waals surface area contributed by atoms with Gasteiger partial charge in [-0.15, -0.1) is 0 Å². The Hall–Kier alpha value is -2.75. The Morgan fingerprint density at radius 3 is 2.00 bits per heavy atom. The van der Waals surface area contributed by atoms with Gasteiger partial charge in [0.05, 0.1) is 5.56 Å². The van der Waals surface area contributed by atoms with Crippen molar-refractivity contribution in [3.63, 3.8) is 0 Å². The predicted molar refractivity (Wildman–Crippen MR) is 94.5 cm³/mol. The minimum atomic E-state index is -0.593. The summed E-state index contributed by atoms with van der Waals surface area (Å²) in [4.78, 5) is 38.9. The van der Waals surface area contributed by atoms with E-state index in [0.29, 0.717) is 13.0 Å². The lowest BCUT2D eigenvalue weighted by Crippen LogP contribution is -2.32. The Labute approximate surface area is 142 Å². The number of rotatable bonds is 7. The van der Waals surface area contributed by atoms with Crippen LogP contribution in [0.25, 0.3) is 0 Å². The number of carbonyl (C=O) groups is 3. The van der Waals surface area contributed by atoms with Gasteiger partial charge in [-0.05, 0) is 31.5 Å². The Bertz CT molecular complexity index is 738. The highest BCUT2D eigenvalue weighted by molar-refractivity contribution is 6.45. The number of para-hydroxylation sites is 1. The molecule has 24 heavy (non-hydrogen) atoms. The maximum Gasteiger partial charge on any atom is 0.259 e. The van der Waals surface area contributed by atoms with Crippen LogP contribution in [0.4, 0.5) is 5.69 Å². The molecule has 1 amide bonds. The molecule has 0 heterocycles. The minimum Gasteiger partial charge on any atom is -0.309 e. The molecule has 2 rings (SSSR count). The van der Waals surface area contributed by atoms with Gasteiger partial charge in [-0.3, -0.25) is 14.4 Å². The minimum absolute atomic E-state index is 0.176. The van der Waals surface area contributed by atoms with Crippen molar-refractivity contribution in [3.8, 4) is 0 Å². The number of nitrogens with zero attached hydrogens (tertiary/aromatic N) is 1. The van der Waals surface area contributed by atoms with Gasteiger partial charge < -0.3 is 4.90 Å². The molecule has 2 aromatic rings. The van der Waals surface area contributed by atoms with E-state index in [1.54, 1.807) is 29.2 Å². The quantitative estimate of drug-likeness (QED) is 0.573. The standard InChI is InChI=1S/C20H21NO3/c1-3-10-18(22)19(23)16-13-8-9-14-17(16)20(24)21(4-2)15-11-6-5-7-12-15/h5-9,11-14H,3-4,10H2,1-2H3. The van der Waals surface area contributed by atoms with E-state index >= 15 is 0 Å². The summed E-state index contributed by atoms with van der Waals surface area (Å²) in [6.45, 7) is 4.18. The van der Waals surface area contributed by atoms with E-state index in [9.17, 15) is 14.4 Å². The second-order valence-corrected chi connectivity index (χ2v) is 5.43. The van der Waals surface area contributed by atoms with Crippen LogP contribution in [0.5, 0.6) is 0 Å². The molecule has 0 spiro atoms. The van der Waals surface area contributed by atoms with Crippen molar-refractivity contribution in [1.82, 2.24) is 0 Å². The van der Waals surface area contributed by atoms with Crippen LogP contribution in [-0.2, 0) is 4.79 Å². The average Bonchev–Trinajstić information content (AvgIpc) is 2.62. The summed E-state index contributed by atoms with van der Waals surface area (Å²) in [7, 11) is 0. The van der Waals surface area contributed by atoms with E-state index in [0.717, 1.165) is 5.69 Å². The lowest BCUT2D eigenvalue weighted by molar-refractivity contribution is -0.115. The molecule has 4 nitrogen and oxygen atoms in total. The molecule has 0 aromatic heterocycles. The molecule has 0 N–H and O–H groups in total. The molecule has 0 aliphatic heterocycles. The SMILES string of the molecule is CCCC(=O)C(=O)c1ccccc1C(=O)N(CC)c1ccccc1. The fourth-order valence-electron chi connectivity index (χ4n) is 2.56. The molecule has 0 fully saturated rings. The normalized spacial score (nSPS) is 10.2. The monoisotopic (exact) mass is 323 g/mol. The van der Waals surface area contributed by atoms with Gasteiger partial charge in [0.15, 0.2) is 0 Å². The zero-order valence-corrected chi connectivity index (χ0v) is 14.0. The average molecular weight is 323 g/mol. The van der Waals surface area contributed by atoms with Crippen molar-refractivity contribution < 1.29 is 14.4 Å². The fraction of sp³-hybridized carbons (Fsp3) is 0.250. The van der Waals surface area contributed by atoms with Gasteiger partial charge in [0.25, 0.3) is 5.91 Å². The zero-order chi connectivity index (χ0) is 17.5. The number of hydrogen-bond donors (Lipinski definition) is 0. The number of amides is 1. The molecule has 4 heteroatoms. The molecule has 2 aromatic carbocycles. The van der Waals surface area contributed by atoms with E-state index in [1.807, 2.05) is 44.2 Å². The van der Waals surface area contributed by atoms with Crippen LogP contribution < -0.4 is 4.90 Å². The second kappa shape index (κ2) is 8.20. The Morgan fingerprint density at radius 1 is 0.833 bits per heavy atom. The third-order valence-corrected chi connectivity index (χ3v) is 3.76. The van der Waals surface area contributed by atoms with Gasteiger partial charge in [0.2, 0.25) is 11.6 Å². The molecule has 0 saturated carbocycles. The number of ketones is 2. The first-order valence-electron chi connectivity index (χ1n) is 8.13. The van der Waals surface area contributed by atoms with Crippen LogP contribution >= 0.6 is 0 Å². The van der Waals surface area contributed by atoms with Crippen molar-refractivity contribution in [2.75, 3.05) is 11.4 Å². The van der Waals surface area contributed by atoms with Gasteiger partial charge in [-0.2, -0.15) is 0 Å². The highest BCUT2D eigenvalue weighted by Crippen LogP contribution is 2.19. The van der Waals surface area contributed by atoms with Crippen molar-refractivity contribution in [2.45, 2.75) is 26.7 Å². The van der Waals surface area contributed by atoms with Crippen LogP contribution in [-0.4, -0.2) is 24.0 Å². The Balaban J connectivity index is 2.39. The predicted octanol–water partition coefficient (Wildman–Crippen LogP) is 3.91. The maximum absolute atomic E-state index is 12.9. The highest BCUT2D eigenvalue weighted by atomic mass is 16.2. The molecule has 124 valence electrons. The Morgan fingerprint density at radius 2 is 1.42 bits per heavy atom. The van der Waals surface area contributed by atoms with Crippen molar-refractivity contribution in [1.29, 1.82) is 0 Å². The summed E-state index contributed by atoms with van der Waals surface area (Å²) < 4.78 is 0. The lowest BCUT2D eigenvalue weighted by atomic mass is 9.98. The number of benzene rings is 2. The molecule has 0 aliphatic carbocycles. The van der Waals surface area contributed by atoms with Crippen molar-refractivity contribution in [3.05, 3.63) is 65.7 Å². The van der Waals surface area contributed by atoms with E-state index in [4.69, 9.17) is 0 Å². The van der Waals surface area contributed by atoms with Gasteiger partial charge >= 0.3 is 0 Å². The largest absolute Gasteiger partial charge is 0.309 e. The molecule has 0 atom stereocenters. The fourth-order valence-corrected chi connectivity index (χ4v) is 2.56. The molecular weight excluding hydrogens is 302 g/mol. The summed E-state index contributed by atoms with van der Waals surface area (Å²) >= 11 is 0. The smallest absolute Gasteiger partial charge is 0.259 e. The van der Waals surface area contributed by atoms with Crippen LogP contribution in [0.2, 0.25) is 0 Å². The third kappa shape index (κ3) is 3.77. The summed E-state index contributed by atoms with van der Waals surface area (Å²) in [6.07, 6.45) is 0.795. The second-order valence-electron chi connectivity index (χ2n) is 5.43. The lowest BCUT2D eigenvalue weighted by Gasteiger charge is -2.22.